The fraction of sp³-hybridized carbons (Fsp3) is 0.500. The Bertz CT molecular complexity index is 43.5. The van der Waals surface area contributed by atoms with Crippen molar-refractivity contribution in [1.29, 1.82) is 0 Å². The van der Waals surface area contributed by atoms with E-state index >= 15 is 0 Å². The van der Waals surface area contributed by atoms with Crippen molar-refractivity contribution >= 4 is 0 Å². The Kier molecular flexibility index (Phi) is 2.50. The van der Waals surface area contributed by atoms with Gasteiger partial charge in [-0.05, 0) is 12.6 Å². The predicted molar refractivity (Wildman–Crippen MR) is 23.9 cm³/mol. The summed E-state index contributed by atoms with van der Waals surface area (Å²) in [4.78, 5) is 0. The monoisotopic (exact) mass is 83.1 g/mol. The standard InChI is InChI=1S/C4H7N.N/c1-2-4-5-3-1;/h1,3,5H,2,4H2;. The summed E-state index contributed by atoms with van der Waals surface area (Å²) < 4.78 is 0. The van der Waals surface area contributed by atoms with E-state index < -0.39 is 0 Å². The molecule has 0 aromatic heterocycles. The van der Waals surface area contributed by atoms with Gasteiger partial charge in [-0.1, -0.05) is 6.08 Å². The molecule has 0 spiro atoms. The van der Waals surface area contributed by atoms with Crippen LogP contribution in [0.1, 0.15) is 6.42 Å². The third-order valence-corrected chi connectivity index (χ3v) is 0.691. The molecule has 0 aliphatic carbocycles. The van der Waals surface area contributed by atoms with E-state index in [0.717, 1.165) is 6.54 Å². The SMILES string of the molecule is C1=CNCC1.[N]. The number of rotatable bonds is 0. The average molecular weight is 83.1 g/mol. The minimum Gasteiger partial charge on any atom is -0.391 e. The van der Waals surface area contributed by atoms with E-state index in [-0.39, 0.29) is 6.15 Å². The van der Waals surface area contributed by atoms with Crippen LogP contribution in [0.4, 0.5) is 0 Å². The van der Waals surface area contributed by atoms with E-state index in [1.165, 1.54) is 6.42 Å². The Hall–Kier alpha value is -0.500. The molecule has 0 amide bonds. The molecule has 33 valence electrons. The van der Waals surface area contributed by atoms with Gasteiger partial charge in [0.05, 0.1) is 0 Å². The van der Waals surface area contributed by atoms with Gasteiger partial charge in [0, 0.05) is 12.7 Å². The molecule has 0 atom stereocenters. The van der Waals surface area contributed by atoms with E-state index in [4.69, 9.17) is 0 Å². The van der Waals surface area contributed by atoms with E-state index in [1.807, 2.05) is 6.20 Å². The van der Waals surface area contributed by atoms with Crippen molar-refractivity contribution in [2.24, 2.45) is 0 Å². The summed E-state index contributed by atoms with van der Waals surface area (Å²) in [5, 5.41) is 3.04. The second kappa shape index (κ2) is 2.72. The average Bonchev–Trinajstić information content (AvgIpc) is 1.76. The zero-order valence-corrected chi connectivity index (χ0v) is 3.52. The number of nitrogens with one attached hydrogen (secondary N) is 1. The van der Waals surface area contributed by atoms with Crippen LogP contribution in [0, 0.1) is 0 Å². The van der Waals surface area contributed by atoms with Gasteiger partial charge in [0.25, 0.3) is 0 Å². The fourth-order valence-corrected chi connectivity index (χ4v) is 0.417. The van der Waals surface area contributed by atoms with Gasteiger partial charge in [-0.25, -0.2) is 0 Å². The summed E-state index contributed by atoms with van der Waals surface area (Å²) in [7, 11) is 0. The normalized spacial score (nSPS) is 16.0. The van der Waals surface area contributed by atoms with Crippen molar-refractivity contribution in [2.75, 3.05) is 6.54 Å². The van der Waals surface area contributed by atoms with Gasteiger partial charge in [-0.15, -0.1) is 0 Å². The molecular formula is C4H7N2. The summed E-state index contributed by atoms with van der Waals surface area (Å²) in [5.74, 6) is 0. The minimum absolute atomic E-state index is 0. The number of hydrogen-bond donors (Lipinski definition) is 1. The second-order valence-corrected chi connectivity index (χ2v) is 1.15. The van der Waals surface area contributed by atoms with Gasteiger partial charge in [0.2, 0.25) is 0 Å². The highest BCUT2D eigenvalue weighted by molar-refractivity contribution is 4.86. The molecule has 6 heavy (non-hydrogen) atoms. The van der Waals surface area contributed by atoms with E-state index in [1.54, 1.807) is 0 Å². The number of hydrogen-bond acceptors (Lipinski definition) is 1. The molecule has 1 N–H and O–H groups in total. The summed E-state index contributed by atoms with van der Waals surface area (Å²) in [5.41, 5.74) is 0. The maximum atomic E-state index is 3.04. The highest BCUT2D eigenvalue weighted by Crippen LogP contribution is 1.84. The Morgan fingerprint density at radius 1 is 1.50 bits per heavy atom. The number of nitrogens with zero attached hydrogens (tertiary/aromatic N) is 1. The predicted octanol–water partition coefficient (Wildman–Crippen LogP) is 0.0128. The van der Waals surface area contributed by atoms with Crippen LogP contribution >= 0.6 is 0 Å². The third kappa shape index (κ3) is 1.08. The Labute approximate surface area is 37.8 Å². The molecule has 0 aromatic carbocycles. The van der Waals surface area contributed by atoms with Gasteiger partial charge >= 0.3 is 0 Å². The first-order valence-corrected chi connectivity index (χ1v) is 1.88. The molecule has 0 saturated carbocycles. The molecule has 0 fully saturated rings. The molecule has 1 rings (SSSR count). The Balaban J connectivity index is 0.000000250. The smallest absolute Gasteiger partial charge is 0.0176 e. The van der Waals surface area contributed by atoms with Crippen molar-refractivity contribution in [3.8, 4) is 0 Å². The Morgan fingerprint density at radius 3 is 2.50 bits per heavy atom. The van der Waals surface area contributed by atoms with Crippen LogP contribution in [0.25, 0.3) is 0 Å². The summed E-state index contributed by atoms with van der Waals surface area (Å²) in [6, 6.07) is 0. The topological polar surface area (TPSA) is 42.5 Å². The van der Waals surface area contributed by atoms with E-state index in [9.17, 15) is 0 Å². The van der Waals surface area contributed by atoms with Gasteiger partial charge in [0.1, 0.15) is 0 Å². The molecule has 0 unspecified atom stereocenters. The molecule has 0 aromatic rings. The van der Waals surface area contributed by atoms with Gasteiger partial charge in [-0.3, -0.25) is 0 Å². The Morgan fingerprint density at radius 2 is 2.33 bits per heavy atom. The lowest BCUT2D eigenvalue weighted by Crippen LogP contribution is -1.96. The zero-order chi connectivity index (χ0) is 3.54. The maximum Gasteiger partial charge on any atom is 0.0176 e. The molecule has 1 aliphatic rings. The minimum atomic E-state index is 0. The first-order valence-electron chi connectivity index (χ1n) is 1.88. The van der Waals surface area contributed by atoms with Crippen molar-refractivity contribution in [2.45, 2.75) is 6.42 Å². The summed E-state index contributed by atoms with van der Waals surface area (Å²) >= 11 is 0. The first kappa shape index (κ1) is 5.50. The van der Waals surface area contributed by atoms with Crippen LogP contribution in [0.15, 0.2) is 12.3 Å². The highest BCUT2D eigenvalue weighted by atomic mass is 14.8. The molecule has 0 bridgehead atoms. The quantitative estimate of drug-likeness (QED) is 0.440. The largest absolute Gasteiger partial charge is 0.391 e. The van der Waals surface area contributed by atoms with E-state index in [0.29, 0.717) is 0 Å². The lowest BCUT2D eigenvalue weighted by Gasteiger charge is -1.78. The van der Waals surface area contributed by atoms with E-state index in [2.05, 4.69) is 11.4 Å². The maximum absolute atomic E-state index is 3.04. The van der Waals surface area contributed by atoms with Gasteiger partial charge in [-0.2, -0.15) is 0 Å². The second-order valence-electron chi connectivity index (χ2n) is 1.15. The molecule has 3 radical (unpaired) electrons. The van der Waals surface area contributed by atoms with Crippen molar-refractivity contribution in [3.63, 3.8) is 0 Å². The van der Waals surface area contributed by atoms with Crippen molar-refractivity contribution < 1.29 is 0 Å². The van der Waals surface area contributed by atoms with Crippen LogP contribution in [0.2, 0.25) is 0 Å². The summed E-state index contributed by atoms with van der Waals surface area (Å²) in [6.07, 6.45) is 5.32. The molecule has 1 aliphatic heterocycles. The van der Waals surface area contributed by atoms with Crippen molar-refractivity contribution in [1.82, 2.24) is 11.5 Å². The summed E-state index contributed by atoms with van der Waals surface area (Å²) in [6.45, 7) is 1.14. The molecular weight excluding hydrogens is 76.1 g/mol. The zero-order valence-electron chi connectivity index (χ0n) is 3.52. The molecule has 1 heterocycles. The van der Waals surface area contributed by atoms with Gasteiger partial charge in [0.15, 0.2) is 0 Å². The molecule has 0 saturated heterocycles. The molecule has 2 heteroatoms. The van der Waals surface area contributed by atoms with Crippen LogP contribution in [0.3, 0.4) is 0 Å². The van der Waals surface area contributed by atoms with Crippen LogP contribution in [-0.4, -0.2) is 6.54 Å². The highest BCUT2D eigenvalue weighted by Gasteiger charge is 1.81. The third-order valence-electron chi connectivity index (χ3n) is 0.691. The van der Waals surface area contributed by atoms with Crippen LogP contribution in [-0.2, 0) is 0 Å². The fourth-order valence-electron chi connectivity index (χ4n) is 0.417. The van der Waals surface area contributed by atoms with Gasteiger partial charge < -0.3 is 5.32 Å². The van der Waals surface area contributed by atoms with Crippen LogP contribution in [0.5, 0.6) is 0 Å². The van der Waals surface area contributed by atoms with Crippen LogP contribution < -0.4 is 11.5 Å². The van der Waals surface area contributed by atoms with Crippen molar-refractivity contribution in [3.05, 3.63) is 12.3 Å². The lowest BCUT2D eigenvalue weighted by molar-refractivity contribution is 0.917. The lowest BCUT2D eigenvalue weighted by atomic mass is 10.5. The molecule has 2 nitrogen and oxygen atoms in total. The first-order chi connectivity index (χ1) is 2.50.